The second-order valence-electron chi connectivity index (χ2n) is 5.49. The summed E-state index contributed by atoms with van der Waals surface area (Å²) >= 11 is 0. The second-order valence-corrected chi connectivity index (χ2v) is 5.49. The summed E-state index contributed by atoms with van der Waals surface area (Å²) in [7, 11) is 3.40. The number of urea groups is 1. The number of carbonyl (C=O) groups is 2. The lowest BCUT2D eigenvalue weighted by Crippen LogP contribution is -2.45. The number of hydrogen-bond donors (Lipinski definition) is 1. The molecule has 0 aromatic carbocycles. The molecular weight excluding hydrogens is 232 g/mol. The average molecular weight is 258 g/mol. The Hall–Kier alpha value is -1.26. The van der Waals surface area contributed by atoms with Crippen molar-refractivity contribution in [3.63, 3.8) is 0 Å². The van der Waals surface area contributed by atoms with Crippen molar-refractivity contribution in [2.24, 2.45) is 11.8 Å². The zero-order valence-electron chi connectivity index (χ0n) is 12.3. The lowest BCUT2D eigenvalue weighted by Gasteiger charge is -2.31. The fraction of sp³-hybridized carbons (Fsp3) is 0.846. The molecule has 0 heterocycles. The summed E-state index contributed by atoms with van der Waals surface area (Å²) in [6, 6.07) is 0.0244. The van der Waals surface area contributed by atoms with Gasteiger partial charge in [-0.15, -0.1) is 0 Å². The molecule has 0 fully saturated rings. The summed E-state index contributed by atoms with van der Waals surface area (Å²) in [5, 5.41) is 8.83. The van der Waals surface area contributed by atoms with Crippen LogP contribution in [0.4, 0.5) is 4.79 Å². The maximum Gasteiger partial charge on any atom is 0.319 e. The van der Waals surface area contributed by atoms with Crippen LogP contribution in [0.2, 0.25) is 0 Å². The normalized spacial score (nSPS) is 14.2. The van der Waals surface area contributed by atoms with Crippen molar-refractivity contribution < 1.29 is 14.7 Å². The van der Waals surface area contributed by atoms with Crippen molar-refractivity contribution in [3.05, 3.63) is 0 Å². The third-order valence-corrected chi connectivity index (χ3v) is 3.07. The molecule has 0 radical (unpaired) electrons. The first-order chi connectivity index (χ1) is 8.16. The van der Waals surface area contributed by atoms with E-state index in [0.29, 0.717) is 5.92 Å². The SMILES string of the molecule is CC(C)CC(C)N(C)C(=O)N(C)CC(C)C(=O)O. The second kappa shape index (κ2) is 7.24. The van der Waals surface area contributed by atoms with Gasteiger partial charge in [-0.3, -0.25) is 4.79 Å². The molecule has 18 heavy (non-hydrogen) atoms. The summed E-state index contributed by atoms with van der Waals surface area (Å²) in [5.41, 5.74) is 0. The lowest BCUT2D eigenvalue weighted by molar-refractivity contribution is -0.141. The van der Waals surface area contributed by atoms with Gasteiger partial charge in [0.2, 0.25) is 0 Å². The van der Waals surface area contributed by atoms with Gasteiger partial charge >= 0.3 is 12.0 Å². The van der Waals surface area contributed by atoms with E-state index in [4.69, 9.17) is 5.11 Å². The summed E-state index contributed by atoms with van der Waals surface area (Å²) in [4.78, 5) is 26.0. The number of carboxylic acids is 1. The van der Waals surface area contributed by atoms with E-state index in [-0.39, 0.29) is 18.6 Å². The van der Waals surface area contributed by atoms with Crippen LogP contribution < -0.4 is 0 Å². The van der Waals surface area contributed by atoms with E-state index in [0.717, 1.165) is 6.42 Å². The molecule has 2 atom stereocenters. The molecule has 0 spiro atoms. The molecule has 0 aromatic rings. The average Bonchev–Trinajstić information content (AvgIpc) is 2.25. The molecule has 5 heteroatoms. The summed E-state index contributed by atoms with van der Waals surface area (Å²) < 4.78 is 0. The van der Waals surface area contributed by atoms with Crippen molar-refractivity contribution in [2.75, 3.05) is 20.6 Å². The minimum absolute atomic E-state index is 0.128. The lowest BCUT2D eigenvalue weighted by atomic mass is 10.0. The Bertz CT molecular complexity index is 292. The third-order valence-electron chi connectivity index (χ3n) is 3.07. The molecule has 2 amide bonds. The third kappa shape index (κ3) is 5.38. The smallest absolute Gasteiger partial charge is 0.319 e. The molecule has 106 valence electrons. The van der Waals surface area contributed by atoms with Crippen LogP contribution in [-0.2, 0) is 4.79 Å². The zero-order valence-corrected chi connectivity index (χ0v) is 12.3. The van der Waals surface area contributed by atoms with Gasteiger partial charge in [-0.2, -0.15) is 0 Å². The van der Waals surface area contributed by atoms with E-state index >= 15 is 0 Å². The molecule has 0 saturated heterocycles. The van der Waals surface area contributed by atoms with Gasteiger partial charge < -0.3 is 14.9 Å². The molecule has 1 N–H and O–H groups in total. The number of aliphatic carboxylic acids is 1. The zero-order chi connectivity index (χ0) is 14.5. The number of hydrogen-bond acceptors (Lipinski definition) is 2. The number of carboxylic acid groups (broad SMARTS) is 1. The minimum Gasteiger partial charge on any atom is -0.481 e. The van der Waals surface area contributed by atoms with Crippen LogP contribution in [0.1, 0.15) is 34.1 Å². The van der Waals surface area contributed by atoms with Gasteiger partial charge in [-0.1, -0.05) is 20.8 Å². The Kier molecular flexibility index (Phi) is 6.73. The van der Waals surface area contributed by atoms with E-state index in [9.17, 15) is 9.59 Å². The van der Waals surface area contributed by atoms with Crippen LogP contribution >= 0.6 is 0 Å². The molecule has 0 rings (SSSR count). The van der Waals surface area contributed by atoms with Gasteiger partial charge in [-0.05, 0) is 19.3 Å². The number of amides is 2. The number of carbonyl (C=O) groups excluding carboxylic acids is 1. The number of nitrogens with zero attached hydrogens (tertiary/aromatic N) is 2. The van der Waals surface area contributed by atoms with Crippen molar-refractivity contribution in [2.45, 2.75) is 40.2 Å². The quantitative estimate of drug-likeness (QED) is 0.794. The maximum atomic E-state index is 12.1. The molecule has 0 aromatic heterocycles. The highest BCUT2D eigenvalue weighted by Gasteiger charge is 2.23. The molecule has 0 aliphatic carbocycles. The van der Waals surface area contributed by atoms with E-state index < -0.39 is 11.9 Å². The van der Waals surface area contributed by atoms with Crippen LogP contribution in [-0.4, -0.2) is 53.6 Å². The highest BCUT2D eigenvalue weighted by Crippen LogP contribution is 2.11. The number of rotatable bonds is 6. The van der Waals surface area contributed by atoms with Crippen LogP contribution in [0.15, 0.2) is 0 Å². The largest absolute Gasteiger partial charge is 0.481 e. The van der Waals surface area contributed by atoms with Gasteiger partial charge in [0.25, 0.3) is 0 Å². The van der Waals surface area contributed by atoms with Gasteiger partial charge in [-0.25, -0.2) is 4.79 Å². The first-order valence-corrected chi connectivity index (χ1v) is 6.37. The van der Waals surface area contributed by atoms with Crippen LogP contribution in [0.5, 0.6) is 0 Å². The molecule has 0 aliphatic heterocycles. The Morgan fingerprint density at radius 3 is 2.00 bits per heavy atom. The molecule has 5 nitrogen and oxygen atoms in total. The van der Waals surface area contributed by atoms with Gasteiger partial charge in [0.1, 0.15) is 0 Å². The topological polar surface area (TPSA) is 60.9 Å². The van der Waals surface area contributed by atoms with Crippen LogP contribution in [0.25, 0.3) is 0 Å². The Balaban J connectivity index is 4.40. The highest BCUT2D eigenvalue weighted by atomic mass is 16.4. The standard InChI is InChI=1S/C13H26N2O3/c1-9(2)7-11(4)15(6)13(18)14(5)8-10(3)12(16)17/h9-11H,7-8H2,1-6H3,(H,16,17). The van der Waals surface area contributed by atoms with Crippen LogP contribution in [0.3, 0.4) is 0 Å². The first-order valence-electron chi connectivity index (χ1n) is 6.37. The van der Waals surface area contributed by atoms with Gasteiger partial charge in [0.05, 0.1) is 5.92 Å². The van der Waals surface area contributed by atoms with E-state index in [1.807, 2.05) is 6.92 Å². The minimum atomic E-state index is -0.882. The summed E-state index contributed by atoms with van der Waals surface area (Å²) in [6.07, 6.45) is 0.935. The predicted molar refractivity (Wildman–Crippen MR) is 71.5 cm³/mol. The Labute approximate surface area is 110 Å². The fourth-order valence-corrected chi connectivity index (χ4v) is 1.87. The van der Waals surface area contributed by atoms with Crippen molar-refractivity contribution in [3.8, 4) is 0 Å². The molecular formula is C13H26N2O3. The fourth-order valence-electron chi connectivity index (χ4n) is 1.87. The predicted octanol–water partition coefficient (Wildman–Crippen LogP) is 2.13. The highest BCUT2D eigenvalue weighted by molar-refractivity contribution is 5.75. The monoisotopic (exact) mass is 258 g/mol. The van der Waals surface area contributed by atoms with E-state index in [2.05, 4.69) is 13.8 Å². The van der Waals surface area contributed by atoms with Gasteiger partial charge in [0.15, 0.2) is 0 Å². The molecule has 0 bridgehead atoms. The first kappa shape index (κ1) is 16.7. The Morgan fingerprint density at radius 2 is 1.61 bits per heavy atom. The molecule has 0 saturated carbocycles. The van der Waals surface area contributed by atoms with E-state index in [1.54, 1.807) is 25.9 Å². The summed E-state index contributed by atoms with van der Waals surface area (Å²) in [5.74, 6) is -0.904. The van der Waals surface area contributed by atoms with Crippen molar-refractivity contribution in [1.29, 1.82) is 0 Å². The van der Waals surface area contributed by atoms with Crippen molar-refractivity contribution in [1.82, 2.24) is 9.80 Å². The molecule has 2 unspecified atom stereocenters. The Morgan fingerprint density at radius 1 is 1.11 bits per heavy atom. The summed E-state index contributed by atoms with van der Waals surface area (Å²) in [6.45, 7) is 8.07. The van der Waals surface area contributed by atoms with E-state index in [1.165, 1.54) is 4.90 Å². The van der Waals surface area contributed by atoms with Gasteiger partial charge in [0, 0.05) is 26.7 Å². The van der Waals surface area contributed by atoms with Crippen molar-refractivity contribution >= 4 is 12.0 Å². The van der Waals surface area contributed by atoms with Crippen LogP contribution in [0, 0.1) is 11.8 Å². The molecule has 0 aliphatic rings. The maximum absolute atomic E-state index is 12.1.